The molecule has 1 unspecified atom stereocenters. The first-order chi connectivity index (χ1) is 7.91. The Morgan fingerprint density at radius 2 is 1.88 bits per heavy atom. The average molecular weight is 241 g/mol. The Balaban J connectivity index is 2.33. The number of piperidine rings is 1. The molecule has 100 valence electrons. The van der Waals surface area contributed by atoms with Crippen LogP contribution in [-0.2, 0) is 4.79 Å². The SMILES string of the molecule is CC(N)C(=O)N1CCC(CN(C)C(C)C)CC1. The van der Waals surface area contributed by atoms with Gasteiger partial charge in [-0.2, -0.15) is 0 Å². The standard InChI is InChI=1S/C13H27N3O/c1-10(2)15(4)9-12-5-7-16(8-6-12)13(17)11(3)14/h10-12H,5-9,14H2,1-4H3. The summed E-state index contributed by atoms with van der Waals surface area (Å²) in [5.74, 6) is 0.820. The topological polar surface area (TPSA) is 49.6 Å². The summed E-state index contributed by atoms with van der Waals surface area (Å²) in [5, 5.41) is 0. The largest absolute Gasteiger partial charge is 0.341 e. The number of nitrogens with two attached hydrogens (primary N) is 1. The van der Waals surface area contributed by atoms with Gasteiger partial charge in [0.25, 0.3) is 0 Å². The minimum atomic E-state index is -0.357. The Labute approximate surface area is 105 Å². The fraction of sp³-hybridized carbons (Fsp3) is 0.923. The summed E-state index contributed by atoms with van der Waals surface area (Å²) in [6.45, 7) is 9.08. The van der Waals surface area contributed by atoms with Gasteiger partial charge in [0.1, 0.15) is 0 Å². The summed E-state index contributed by atoms with van der Waals surface area (Å²) < 4.78 is 0. The molecule has 1 atom stereocenters. The molecule has 1 amide bonds. The van der Waals surface area contributed by atoms with E-state index in [1.807, 2.05) is 4.90 Å². The smallest absolute Gasteiger partial charge is 0.239 e. The number of hydrogen-bond acceptors (Lipinski definition) is 3. The van der Waals surface area contributed by atoms with Gasteiger partial charge >= 0.3 is 0 Å². The van der Waals surface area contributed by atoms with E-state index >= 15 is 0 Å². The monoisotopic (exact) mass is 241 g/mol. The van der Waals surface area contributed by atoms with E-state index in [1.54, 1.807) is 6.92 Å². The molecule has 17 heavy (non-hydrogen) atoms. The molecule has 1 saturated heterocycles. The molecule has 1 aliphatic heterocycles. The van der Waals surface area contributed by atoms with Gasteiger partial charge in [0.05, 0.1) is 6.04 Å². The summed E-state index contributed by atoms with van der Waals surface area (Å²) in [6, 6.07) is 0.239. The van der Waals surface area contributed by atoms with Crippen molar-refractivity contribution in [2.45, 2.75) is 45.7 Å². The number of carbonyl (C=O) groups excluding carboxylic acids is 1. The van der Waals surface area contributed by atoms with Crippen molar-refractivity contribution in [3.63, 3.8) is 0 Å². The van der Waals surface area contributed by atoms with E-state index in [9.17, 15) is 4.79 Å². The Morgan fingerprint density at radius 3 is 2.29 bits per heavy atom. The van der Waals surface area contributed by atoms with E-state index in [4.69, 9.17) is 5.73 Å². The molecule has 2 N–H and O–H groups in total. The molecule has 1 heterocycles. The predicted octanol–water partition coefficient (Wildman–Crippen LogP) is 0.912. The number of carbonyl (C=O) groups is 1. The maximum absolute atomic E-state index is 11.7. The first kappa shape index (κ1) is 14.5. The fourth-order valence-corrected chi connectivity index (χ4v) is 2.24. The molecule has 0 aromatic rings. The molecule has 0 radical (unpaired) electrons. The van der Waals surface area contributed by atoms with Crippen molar-refractivity contribution < 1.29 is 4.79 Å². The van der Waals surface area contributed by atoms with Gasteiger partial charge in [0, 0.05) is 25.7 Å². The normalized spacial score (nSPS) is 20.1. The molecule has 1 fully saturated rings. The summed E-state index contributed by atoms with van der Waals surface area (Å²) in [7, 11) is 2.17. The lowest BCUT2D eigenvalue weighted by Gasteiger charge is -2.35. The van der Waals surface area contributed by atoms with Gasteiger partial charge in [-0.15, -0.1) is 0 Å². The number of nitrogens with zero attached hydrogens (tertiary/aromatic N) is 2. The molecular formula is C13H27N3O. The molecule has 0 aromatic heterocycles. The van der Waals surface area contributed by atoms with Crippen molar-refractivity contribution in [2.75, 3.05) is 26.7 Å². The number of rotatable bonds is 4. The summed E-state index contributed by atoms with van der Waals surface area (Å²) in [6.07, 6.45) is 2.21. The van der Waals surface area contributed by atoms with E-state index in [-0.39, 0.29) is 11.9 Å². The quantitative estimate of drug-likeness (QED) is 0.796. The highest BCUT2D eigenvalue weighted by molar-refractivity contribution is 5.81. The van der Waals surface area contributed by atoms with Crippen molar-refractivity contribution >= 4 is 5.91 Å². The minimum absolute atomic E-state index is 0.0978. The Bertz CT molecular complexity index is 245. The van der Waals surface area contributed by atoms with Gasteiger partial charge in [-0.05, 0) is 46.6 Å². The van der Waals surface area contributed by atoms with Crippen LogP contribution in [0.1, 0.15) is 33.6 Å². The van der Waals surface area contributed by atoms with Crippen LogP contribution in [0.15, 0.2) is 0 Å². The lowest BCUT2D eigenvalue weighted by atomic mass is 9.95. The van der Waals surface area contributed by atoms with Crippen molar-refractivity contribution in [3.05, 3.63) is 0 Å². The summed E-state index contributed by atoms with van der Waals surface area (Å²) in [5.41, 5.74) is 5.62. The second-order valence-corrected chi connectivity index (χ2v) is 5.59. The molecule has 1 rings (SSSR count). The van der Waals surface area contributed by atoms with Crippen LogP contribution in [0.2, 0.25) is 0 Å². The Morgan fingerprint density at radius 1 is 1.35 bits per heavy atom. The fourth-order valence-electron chi connectivity index (χ4n) is 2.24. The highest BCUT2D eigenvalue weighted by Crippen LogP contribution is 2.19. The lowest BCUT2D eigenvalue weighted by molar-refractivity contribution is -0.133. The zero-order valence-electron chi connectivity index (χ0n) is 11.6. The average Bonchev–Trinajstić information content (AvgIpc) is 2.28. The third-order valence-electron chi connectivity index (χ3n) is 3.74. The van der Waals surface area contributed by atoms with Gasteiger partial charge in [0.2, 0.25) is 5.91 Å². The Kier molecular flexibility index (Phi) is 5.40. The van der Waals surface area contributed by atoms with E-state index in [0.717, 1.165) is 38.4 Å². The van der Waals surface area contributed by atoms with Crippen LogP contribution in [0, 0.1) is 5.92 Å². The van der Waals surface area contributed by atoms with E-state index in [2.05, 4.69) is 25.8 Å². The first-order valence-electron chi connectivity index (χ1n) is 6.66. The molecule has 0 saturated carbocycles. The van der Waals surface area contributed by atoms with Crippen LogP contribution in [0.25, 0.3) is 0 Å². The highest BCUT2D eigenvalue weighted by atomic mass is 16.2. The molecule has 0 aromatic carbocycles. The number of likely N-dealkylation sites (tertiary alicyclic amines) is 1. The molecule has 4 heteroatoms. The molecule has 1 aliphatic rings. The molecule has 4 nitrogen and oxygen atoms in total. The zero-order valence-corrected chi connectivity index (χ0v) is 11.6. The molecule has 0 bridgehead atoms. The number of amides is 1. The summed E-state index contributed by atoms with van der Waals surface area (Å²) >= 11 is 0. The van der Waals surface area contributed by atoms with Crippen LogP contribution < -0.4 is 5.73 Å². The van der Waals surface area contributed by atoms with Crippen LogP contribution in [-0.4, -0.2) is 54.5 Å². The van der Waals surface area contributed by atoms with Crippen molar-refractivity contribution in [3.8, 4) is 0 Å². The van der Waals surface area contributed by atoms with Crippen LogP contribution in [0.5, 0.6) is 0 Å². The third kappa shape index (κ3) is 4.28. The van der Waals surface area contributed by atoms with E-state index < -0.39 is 0 Å². The minimum Gasteiger partial charge on any atom is -0.341 e. The van der Waals surface area contributed by atoms with Gasteiger partial charge < -0.3 is 15.5 Å². The van der Waals surface area contributed by atoms with E-state index in [0.29, 0.717) is 6.04 Å². The zero-order chi connectivity index (χ0) is 13.0. The predicted molar refractivity (Wildman–Crippen MR) is 70.7 cm³/mol. The molecular weight excluding hydrogens is 214 g/mol. The second-order valence-electron chi connectivity index (χ2n) is 5.59. The first-order valence-corrected chi connectivity index (χ1v) is 6.66. The Hall–Kier alpha value is -0.610. The van der Waals surface area contributed by atoms with Crippen LogP contribution in [0.4, 0.5) is 0 Å². The molecule has 0 aliphatic carbocycles. The van der Waals surface area contributed by atoms with Crippen molar-refractivity contribution in [2.24, 2.45) is 11.7 Å². The maximum atomic E-state index is 11.7. The second kappa shape index (κ2) is 6.36. The highest BCUT2D eigenvalue weighted by Gasteiger charge is 2.25. The maximum Gasteiger partial charge on any atom is 0.239 e. The van der Waals surface area contributed by atoms with Crippen molar-refractivity contribution in [1.82, 2.24) is 9.80 Å². The van der Waals surface area contributed by atoms with Gasteiger partial charge in [-0.3, -0.25) is 4.79 Å². The number of hydrogen-bond donors (Lipinski definition) is 1. The van der Waals surface area contributed by atoms with Gasteiger partial charge in [-0.1, -0.05) is 0 Å². The summed E-state index contributed by atoms with van der Waals surface area (Å²) in [4.78, 5) is 16.0. The molecule has 0 spiro atoms. The van der Waals surface area contributed by atoms with Gasteiger partial charge in [-0.25, -0.2) is 0 Å². The lowest BCUT2D eigenvalue weighted by Crippen LogP contribution is -2.47. The van der Waals surface area contributed by atoms with E-state index in [1.165, 1.54) is 0 Å². The van der Waals surface area contributed by atoms with Crippen LogP contribution in [0.3, 0.4) is 0 Å². The van der Waals surface area contributed by atoms with Gasteiger partial charge in [0.15, 0.2) is 0 Å². The van der Waals surface area contributed by atoms with Crippen LogP contribution >= 0.6 is 0 Å². The van der Waals surface area contributed by atoms with Crippen molar-refractivity contribution in [1.29, 1.82) is 0 Å². The third-order valence-corrected chi connectivity index (χ3v) is 3.74.